The average molecular weight is 171 g/mol. The summed E-state index contributed by atoms with van der Waals surface area (Å²) in [6.45, 7) is 8.54. The van der Waals surface area contributed by atoms with E-state index < -0.39 is 0 Å². The molecule has 1 amide bonds. The lowest BCUT2D eigenvalue weighted by Gasteiger charge is -2.21. The smallest absolute Gasteiger partial charge is 0.251 e. The molecule has 12 heavy (non-hydrogen) atoms. The predicted octanol–water partition coefficient (Wildman–Crippen LogP) is 1.06. The second kappa shape index (κ2) is 5.77. The van der Waals surface area contributed by atoms with E-state index in [9.17, 15) is 4.79 Å². The van der Waals surface area contributed by atoms with Crippen LogP contribution in [-0.4, -0.2) is 37.1 Å². The van der Waals surface area contributed by atoms with Crippen LogP contribution in [0.3, 0.4) is 0 Å². The molecule has 0 aromatic rings. The number of carbonyl (C=O) groups excluding carboxylic acids is 1. The summed E-state index contributed by atoms with van der Waals surface area (Å²) in [6.07, 6.45) is 1.36. The monoisotopic (exact) mass is 171 g/mol. The molecule has 1 atom stereocenters. The SMILES string of the molecule is C=CCN(CC)C(=O)C(C)OC. The van der Waals surface area contributed by atoms with Gasteiger partial charge in [0, 0.05) is 20.2 Å². The Labute approximate surface area is 74.0 Å². The number of ether oxygens (including phenoxy) is 1. The Kier molecular flexibility index (Phi) is 5.37. The summed E-state index contributed by atoms with van der Waals surface area (Å²) >= 11 is 0. The van der Waals surface area contributed by atoms with Gasteiger partial charge in [0.15, 0.2) is 0 Å². The molecular formula is C9H17NO2. The molecule has 3 nitrogen and oxygen atoms in total. The standard InChI is InChI=1S/C9H17NO2/c1-5-7-10(6-2)9(11)8(3)12-4/h5,8H,1,6-7H2,2-4H3. The van der Waals surface area contributed by atoms with Gasteiger partial charge in [0.25, 0.3) is 5.91 Å². The third kappa shape index (κ3) is 3.05. The summed E-state index contributed by atoms with van der Waals surface area (Å²) in [6, 6.07) is 0. The molecule has 70 valence electrons. The number of methoxy groups -OCH3 is 1. The van der Waals surface area contributed by atoms with Crippen molar-refractivity contribution in [1.82, 2.24) is 4.90 Å². The first-order valence-corrected chi connectivity index (χ1v) is 4.09. The first kappa shape index (κ1) is 11.2. The van der Waals surface area contributed by atoms with E-state index in [-0.39, 0.29) is 12.0 Å². The number of rotatable bonds is 5. The number of likely N-dealkylation sites (N-methyl/N-ethyl adjacent to an activating group) is 1. The molecule has 3 heteroatoms. The molecule has 0 aliphatic heterocycles. The van der Waals surface area contributed by atoms with Crippen LogP contribution in [0.1, 0.15) is 13.8 Å². The minimum atomic E-state index is -0.357. The first-order chi connectivity index (χ1) is 5.67. The van der Waals surface area contributed by atoms with Gasteiger partial charge < -0.3 is 9.64 Å². The van der Waals surface area contributed by atoms with E-state index in [4.69, 9.17) is 4.74 Å². The minimum absolute atomic E-state index is 0.0138. The van der Waals surface area contributed by atoms with Gasteiger partial charge in [0.1, 0.15) is 6.10 Å². The summed E-state index contributed by atoms with van der Waals surface area (Å²) in [5, 5.41) is 0. The number of amides is 1. The van der Waals surface area contributed by atoms with Crippen LogP contribution in [-0.2, 0) is 9.53 Å². The maximum absolute atomic E-state index is 11.4. The minimum Gasteiger partial charge on any atom is -0.372 e. The highest BCUT2D eigenvalue weighted by atomic mass is 16.5. The molecule has 0 aliphatic rings. The molecule has 0 spiro atoms. The molecule has 0 radical (unpaired) electrons. The van der Waals surface area contributed by atoms with Crippen molar-refractivity contribution in [2.45, 2.75) is 20.0 Å². The van der Waals surface area contributed by atoms with Crippen molar-refractivity contribution in [1.29, 1.82) is 0 Å². The molecule has 0 aromatic carbocycles. The fourth-order valence-corrected chi connectivity index (χ4v) is 0.889. The van der Waals surface area contributed by atoms with Crippen LogP contribution in [0, 0.1) is 0 Å². The van der Waals surface area contributed by atoms with Crippen molar-refractivity contribution in [3.63, 3.8) is 0 Å². The Morgan fingerprint density at radius 1 is 1.75 bits per heavy atom. The fraction of sp³-hybridized carbons (Fsp3) is 0.667. The largest absolute Gasteiger partial charge is 0.372 e. The van der Waals surface area contributed by atoms with Crippen LogP contribution >= 0.6 is 0 Å². The predicted molar refractivity (Wildman–Crippen MR) is 48.9 cm³/mol. The van der Waals surface area contributed by atoms with E-state index >= 15 is 0 Å². The summed E-state index contributed by atoms with van der Waals surface area (Å²) in [5.41, 5.74) is 0. The maximum atomic E-state index is 11.4. The molecular weight excluding hydrogens is 154 g/mol. The number of hydrogen-bond acceptors (Lipinski definition) is 2. The highest BCUT2D eigenvalue weighted by Gasteiger charge is 2.16. The van der Waals surface area contributed by atoms with E-state index in [2.05, 4.69) is 6.58 Å². The van der Waals surface area contributed by atoms with Gasteiger partial charge in [-0.2, -0.15) is 0 Å². The molecule has 0 aliphatic carbocycles. The normalized spacial score (nSPS) is 12.2. The fourth-order valence-electron chi connectivity index (χ4n) is 0.889. The molecule has 0 N–H and O–H groups in total. The van der Waals surface area contributed by atoms with E-state index in [0.717, 1.165) is 0 Å². The molecule has 0 saturated heterocycles. The van der Waals surface area contributed by atoms with Crippen LogP contribution in [0.4, 0.5) is 0 Å². The van der Waals surface area contributed by atoms with Crippen molar-refractivity contribution in [3.8, 4) is 0 Å². The molecule has 0 saturated carbocycles. The number of hydrogen-bond donors (Lipinski definition) is 0. The van der Waals surface area contributed by atoms with Gasteiger partial charge in [0.2, 0.25) is 0 Å². The zero-order valence-electron chi connectivity index (χ0n) is 8.04. The van der Waals surface area contributed by atoms with Gasteiger partial charge >= 0.3 is 0 Å². The Balaban J connectivity index is 4.10. The van der Waals surface area contributed by atoms with Gasteiger partial charge in [-0.15, -0.1) is 6.58 Å². The summed E-state index contributed by atoms with van der Waals surface area (Å²) in [5.74, 6) is 0.0138. The third-order valence-electron chi connectivity index (χ3n) is 1.74. The van der Waals surface area contributed by atoms with Crippen molar-refractivity contribution in [2.75, 3.05) is 20.2 Å². The summed E-state index contributed by atoms with van der Waals surface area (Å²) in [4.78, 5) is 13.1. The van der Waals surface area contributed by atoms with Gasteiger partial charge in [-0.05, 0) is 13.8 Å². The van der Waals surface area contributed by atoms with Crippen molar-refractivity contribution in [2.24, 2.45) is 0 Å². The lowest BCUT2D eigenvalue weighted by molar-refractivity contribution is -0.140. The zero-order chi connectivity index (χ0) is 9.56. The molecule has 0 rings (SSSR count). The highest BCUT2D eigenvalue weighted by Crippen LogP contribution is 1.97. The second-order valence-corrected chi connectivity index (χ2v) is 2.54. The molecule has 1 unspecified atom stereocenters. The topological polar surface area (TPSA) is 29.5 Å². The molecule has 0 fully saturated rings. The van der Waals surface area contributed by atoms with Crippen LogP contribution in [0.15, 0.2) is 12.7 Å². The van der Waals surface area contributed by atoms with E-state index in [1.54, 1.807) is 17.9 Å². The third-order valence-corrected chi connectivity index (χ3v) is 1.74. The Hall–Kier alpha value is -0.830. The summed E-state index contributed by atoms with van der Waals surface area (Å²) in [7, 11) is 1.53. The number of nitrogens with zero attached hydrogens (tertiary/aromatic N) is 1. The molecule has 0 aromatic heterocycles. The van der Waals surface area contributed by atoms with Crippen molar-refractivity contribution >= 4 is 5.91 Å². The van der Waals surface area contributed by atoms with Crippen LogP contribution in [0.2, 0.25) is 0 Å². The van der Waals surface area contributed by atoms with Crippen LogP contribution in [0.25, 0.3) is 0 Å². The second-order valence-electron chi connectivity index (χ2n) is 2.54. The molecule has 0 heterocycles. The van der Waals surface area contributed by atoms with E-state index in [1.165, 1.54) is 7.11 Å². The van der Waals surface area contributed by atoms with Gasteiger partial charge in [0.05, 0.1) is 0 Å². The van der Waals surface area contributed by atoms with Gasteiger partial charge in [-0.25, -0.2) is 0 Å². The van der Waals surface area contributed by atoms with E-state index in [0.29, 0.717) is 13.1 Å². The van der Waals surface area contributed by atoms with E-state index in [1.807, 2.05) is 6.92 Å². The van der Waals surface area contributed by atoms with Gasteiger partial charge in [-0.3, -0.25) is 4.79 Å². The lowest BCUT2D eigenvalue weighted by Crippen LogP contribution is -2.38. The Morgan fingerprint density at radius 2 is 2.33 bits per heavy atom. The lowest BCUT2D eigenvalue weighted by atomic mass is 10.3. The first-order valence-electron chi connectivity index (χ1n) is 4.09. The molecule has 0 bridgehead atoms. The van der Waals surface area contributed by atoms with Gasteiger partial charge in [-0.1, -0.05) is 6.08 Å². The quantitative estimate of drug-likeness (QED) is 0.579. The average Bonchev–Trinajstić information content (AvgIpc) is 2.11. The van der Waals surface area contributed by atoms with Crippen molar-refractivity contribution in [3.05, 3.63) is 12.7 Å². The number of carbonyl (C=O) groups is 1. The summed E-state index contributed by atoms with van der Waals surface area (Å²) < 4.78 is 4.92. The highest BCUT2D eigenvalue weighted by molar-refractivity contribution is 5.80. The Bertz CT molecular complexity index is 157. The zero-order valence-corrected chi connectivity index (χ0v) is 8.04. The van der Waals surface area contributed by atoms with Crippen molar-refractivity contribution < 1.29 is 9.53 Å². The van der Waals surface area contributed by atoms with Crippen LogP contribution in [0.5, 0.6) is 0 Å². The Morgan fingerprint density at radius 3 is 2.67 bits per heavy atom. The van der Waals surface area contributed by atoms with Crippen LogP contribution < -0.4 is 0 Å². The maximum Gasteiger partial charge on any atom is 0.251 e.